The van der Waals surface area contributed by atoms with Gasteiger partial charge in [-0.25, -0.2) is 0 Å². The van der Waals surface area contributed by atoms with E-state index < -0.39 is 11.4 Å². The number of carbonyl (C=O) groups is 2. The third-order valence-corrected chi connectivity index (χ3v) is 2.77. The highest BCUT2D eigenvalue weighted by Crippen LogP contribution is 2.30. The van der Waals surface area contributed by atoms with Crippen LogP contribution >= 0.6 is 0 Å². The van der Waals surface area contributed by atoms with Crippen LogP contribution in [0.5, 0.6) is 5.75 Å². The molecule has 1 aromatic rings. The Bertz CT molecular complexity index is 474. The molecular formula is C12H12O4. The molecule has 0 fully saturated rings. The molecule has 0 saturated carbocycles. The predicted molar refractivity (Wildman–Crippen MR) is 56.9 cm³/mol. The monoisotopic (exact) mass is 220 g/mol. The van der Waals surface area contributed by atoms with Gasteiger partial charge in [0.25, 0.3) is 0 Å². The molecule has 16 heavy (non-hydrogen) atoms. The van der Waals surface area contributed by atoms with Gasteiger partial charge in [0.2, 0.25) is 0 Å². The Morgan fingerprint density at radius 3 is 2.62 bits per heavy atom. The van der Waals surface area contributed by atoms with Gasteiger partial charge in [0, 0.05) is 17.5 Å². The number of carbonyl (C=O) groups excluding carboxylic acids is 2. The molecule has 4 nitrogen and oxygen atoms in total. The van der Waals surface area contributed by atoms with Crippen molar-refractivity contribution in [3.05, 3.63) is 29.3 Å². The number of ether oxygens (including phenoxy) is 1. The zero-order valence-electron chi connectivity index (χ0n) is 9.11. The first kappa shape index (κ1) is 10.8. The average molecular weight is 220 g/mol. The Hall–Kier alpha value is -1.68. The SMILES string of the molecule is COc1ccc2c(c1)C(=O)[C@](C)(O)CC2=O. The smallest absolute Gasteiger partial charge is 0.195 e. The average Bonchev–Trinajstić information content (AvgIpc) is 2.25. The fourth-order valence-electron chi connectivity index (χ4n) is 1.86. The molecule has 1 N–H and O–H groups in total. The van der Waals surface area contributed by atoms with Crippen molar-refractivity contribution in [1.82, 2.24) is 0 Å². The quantitative estimate of drug-likeness (QED) is 0.772. The summed E-state index contributed by atoms with van der Waals surface area (Å²) in [7, 11) is 1.48. The van der Waals surface area contributed by atoms with E-state index in [0.717, 1.165) is 0 Å². The normalized spacial score (nSPS) is 24.2. The van der Waals surface area contributed by atoms with Gasteiger partial charge >= 0.3 is 0 Å². The summed E-state index contributed by atoms with van der Waals surface area (Å²) in [6.45, 7) is 1.36. The molecule has 1 aliphatic rings. The fraction of sp³-hybridized carbons (Fsp3) is 0.333. The van der Waals surface area contributed by atoms with Crippen LogP contribution in [0, 0.1) is 0 Å². The molecule has 0 aliphatic heterocycles. The van der Waals surface area contributed by atoms with Gasteiger partial charge in [-0.2, -0.15) is 0 Å². The molecule has 2 rings (SSSR count). The molecule has 0 heterocycles. The summed E-state index contributed by atoms with van der Waals surface area (Å²) < 4.78 is 4.99. The van der Waals surface area contributed by atoms with Crippen LogP contribution in [0.4, 0.5) is 0 Å². The van der Waals surface area contributed by atoms with Crippen LogP contribution in [0.3, 0.4) is 0 Å². The molecule has 1 aromatic carbocycles. The summed E-state index contributed by atoms with van der Waals surface area (Å²) in [5.74, 6) is -0.152. The van der Waals surface area contributed by atoms with Crippen molar-refractivity contribution >= 4 is 11.6 Å². The van der Waals surface area contributed by atoms with Crippen molar-refractivity contribution in [3.63, 3.8) is 0 Å². The van der Waals surface area contributed by atoms with Crippen LogP contribution in [0.2, 0.25) is 0 Å². The van der Waals surface area contributed by atoms with Gasteiger partial charge in [-0.05, 0) is 25.1 Å². The second-order valence-corrected chi connectivity index (χ2v) is 4.11. The summed E-state index contributed by atoms with van der Waals surface area (Å²) in [5.41, 5.74) is -1.01. The first-order valence-corrected chi connectivity index (χ1v) is 4.94. The lowest BCUT2D eigenvalue weighted by molar-refractivity contribution is 0.0327. The maximum Gasteiger partial charge on any atom is 0.195 e. The minimum Gasteiger partial charge on any atom is -0.497 e. The fourth-order valence-corrected chi connectivity index (χ4v) is 1.86. The molecule has 1 aliphatic carbocycles. The molecule has 0 spiro atoms. The molecule has 0 unspecified atom stereocenters. The van der Waals surface area contributed by atoms with E-state index in [1.54, 1.807) is 12.1 Å². The van der Waals surface area contributed by atoms with Crippen LogP contribution in [-0.4, -0.2) is 29.4 Å². The number of Topliss-reactive ketones (excluding diaryl/α,β-unsaturated/α-hetero) is 2. The summed E-state index contributed by atoms with van der Waals surface area (Å²) >= 11 is 0. The third-order valence-electron chi connectivity index (χ3n) is 2.77. The van der Waals surface area contributed by atoms with E-state index in [2.05, 4.69) is 0 Å². The first-order chi connectivity index (χ1) is 7.45. The molecule has 0 amide bonds. The minimum atomic E-state index is -1.60. The van der Waals surface area contributed by atoms with Crippen molar-refractivity contribution in [3.8, 4) is 5.75 Å². The number of hydrogen-bond donors (Lipinski definition) is 1. The van der Waals surface area contributed by atoms with E-state index in [0.29, 0.717) is 11.3 Å². The number of benzene rings is 1. The standard InChI is InChI=1S/C12H12O4/c1-12(15)6-10(13)8-4-3-7(16-2)5-9(8)11(12)14/h3-5,15H,6H2,1-2H3/t12-/m1/s1. The van der Waals surface area contributed by atoms with Crippen LogP contribution < -0.4 is 4.74 Å². The van der Waals surface area contributed by atoms with Gasteiger partial charge in [0.05, 0.1) is 7.11 Å². The van der Waals surface area contributed by atoms with E-state index in [1.807, 2.05) is 0 Å². The Kier molecular flexibility index (Phi) is 2.31. The Balaban J connectivity index is 2.61. The summed E-state index contributed by atoms with van der Waals surface area (Å²) in [6.07, 6.45) is -0.162. The van der Waals surface area contributed by atoms with Gasteiger partial charge in [0.1, 0.15) is 11.4 Å². The largest absolute Gasteiger partial charge is 0.497 e. The van der Waals surface area contributed by atoms with Crippen LogP contribution in [-0.2, 0) is 0 Å². The first-order valence-electron chi connectivity index (χ1n) is 4.94. The van der Waals surface area contributed by atoms with E-state index in [9.17, 15) is 14.7 Å². The number of rotatable bonds is 1. The highest BCUT2D eigenvalue weighted by atomic mass is 16.5. The Morgan fingerprint density at radius 1 is 1.31 bits per heavy atom. The van der Waals surface area contributed by atoms with Crippen molar-refractivity contribution < 1.29 is 19.4 Å². The molecular weight excluding hydrogens is 208 g/mol. The van der Waals surface area contributed by atoms with E-state index in [4.69, 9.17) is 4.74 Å². The van der Waals surface area contributed by atoms with E-state index >= 15 is 0 Å². The lowest BCUT2D eigenvalue weighted by atomic mass is 9.79. The number of methoxy groups -OCH3 is 1. The Morgan fingerprint density at radius 2 is 2.00 bits per heavy atom. The highest BCUT2D eigenvalue weighted by Gasteiger charge is 2.40. The van der Waals surface area contributed by atoms with E-state index in [-0.39, 0.29) is 17.8 Å². The van der Waals surface area contributed by atoms with Crippen molar-refractivity contribution in [2.24, 2.45) is 0 Å². The van der Waals surface area contributed by atoms with Crippen molar-refractivity contribution in [2.75, 3.05) is 7.11 Å². The van der Waals surface area contributed by atoms with E-state index in [1.165, 1.54) is 20.1 Å². The maximum atomic E-state index is 11.9. The molecule has 4 heteroatoms. The zero-order chi connectivity index (χ0) is 11.9. The van der Waals surface area contributed by atoms with Gasteiger partial charge in [0.15, 0.2) is 11.6 Å². The third kappa shape index (κ3) is 1.51. The number of aliphatic hydroxyl groups is 1. The van der Waals surface area contributed by atoms with Crippen LogP contribution in [0.1, 0.15) is 34.1 Å². The van der Waals surface area contributed by atoms with Gasteiger partial charge in [-0.15, -0.1) is 0 Å². The van der Waals surface area contributed by atoms with Crippen LogP contribution in [0.25, 0.3) is 0 Å². The van der Waals surface area contributed by atoms with Crippen LogP contribution in [0.15, 0.2) is 18.2 Å². The lowest BCUT2D eigenvalue weighted by Gasteiger charge is -2.27. The molecule has 84 valence electrons. The molecule has 0 radical (unpaired) electrons. The number of hydrogen-bond acceptors (Lipinski definition) is 4. The number of fused-ring (bicyclic) bond motifs is 1. The molecule has 0 aromatic heterocycles. The maximum absolute atomic E-state index is 11.9. The second kappa shape index (κ2) is 3.42. The molecule has 1 atom stereocenters. The summed E-state index contributed by atoms with van der Waals surface area (Å²) in [6, 6.07) is 4.68. The van der Waals surface area contributed by atoms with Gasteiger partial charge in [-0.1, -0.05) is 0 Å². The second-order valence-electron chi connectivity index (χ2n) is 4.11. The Labute approximate surface area is 92.8 Å². The minimum absolute atomic E-state index is 0.162. The summed E-state index contributed by atoms with van der Waals surface area (Å²) in [5, 5.41) is 9.81. The van der Waals surface area contributed by atoms with Crippen molar-refractivity contribution in [2.45, 2.75) is 18.9 Å². The van der Waals surface area contributed by atoms with Gasteiger partial charge in [-0.3, -0.25) is 9.59 Å². The topological polar surface area (TPSA) is 63.6 Å². The zero-order valence-corrected chi connectivity index (χ0v) is 9.11. The lowest BCUT2D eigenvalue weighted by Crippen LogP contribution is -2.42. The molecule has 0 bridgehead atoms. The number of ketones is 2. The highest BCUT2D eigenvalue weighted by molar-refractivity contribution is 6.17. The van der Waals surface area contributed by atoms with Gasteiger partial charge < -0.3 is 9.84 Å². The molecule has 0 saturated heterocycles. The predicted octanol–water partition coefficient (Wildman–Crippen LogP) is 1.22. The summed E-state index contributed by atoms with van der Waals surface area (Å²) in [4.78, 5) is 23.6. The van der Waals surface area contributed by atoms with Crippen molar-refractivity contribution in [1.29, 1.82) is 0 Å².